The normalized spacial score (nSPS) is 24.0. The number of hydrogen-bond acceptors (Lipinski definition) is 4. The van der Waals surface area contributed by atoms with Crippen molar-refractivity contribution in [3.63, 3.8) is 0 Å². The second kappa shape index (κ2) is 21.1. The van der Waals surface area contributed by atoms with Crippen LogP contribution in [-0.2, 0) is 18.9 Å². The summed E-state index contributed by atoms with van der Waals surface area (Å²) in [6.45, 7) is 4.34. The van der Waals surface area contributed by atoms with E-state index < -0.39 is 0 Å². The molecule has 1 fully saturated rings. The predicted molar refractivity (Wildman–Crippen MR) is 107 cm³/mol. The van der Waals surface area contributed by atoms with Crippen LogP contribution < -0.4 is 0 Å². The van der Waals surface area contributed by atoms with Gasteiger partial charge in [0.15, 0.2) is 0 Å². The van der Waals surface area contributed by atoms with E-state index in [1.807, 2.05) is 0 Å². The van der Waals surface area contributed by atoms with E-state index in [1.54, 1.807) is 0 Å². The van der Waals surface area contributed by atoms with E-state index in [4.69, 9.17) is 18.9 Å². The first-order chi connectivity index (χ1) is 13.0. The van der Waals surface area contributed by atoms with Gasteiger partial charge >= 0.3 is 0 Å². The highest BCUT2D eigenvalue weighted by Crippen LogP contribution is 2.10. The minimum atomic E-state index is 0.476. The van der Waals surface area contributed by atoms with Crippen LogP contribution in [0.5, 0.6) is 0 Å². The molecule has 0 aromatic heterocycles. The van der Waals surface area contributed by atoms with Gasteiger partial charge in [-0.1, -0.05) is 77.0 Å². The van der Waals surface area contributed by atoms with E-state index in [1.165, 1.54) is 77.0 Å². The third-order valence-electron chi connectivity index (χ3n) is 4.99. The topological polar surface area (TPSA) is 36.9 Å². The Labute approximate surface area is 162 Å². The summed E-state index contributed by atoms with van der Waals surface area (Å²) in [5, 5.41) is 0. The summed E-state index contributed by atoms with van der Waals surface area (Å²) in [4.78, 5) is 0. The van der Waals surface area contributed by atoms with Crippen molar-refractivity contribution in [1.82, 2.24) is 0 Å². The molecule has 156 valence electrons. The summed E-state index contributed by atoms with van der Waals surface area (Å²) < 4.78 is 22.2. The molecule has 0 radical (unpaired) electrons. The molecule has 1 aliphatic heterocycles. The fourth-order valence-electron chi connectivity index (χ4n) is 3.29. The maximum Gasteiger partial charge on any atom is 0.146 e. The largest absolute Gasteiger partial charge is 0.355 e. The summed E-state index contributed by atoms with van der Waals surface area (Å²) in [5.41, 5.74) is 0. The van der Waals surface area contributed by atoms with E-state index in [9.17, 15) is 0 Å². The molecule has 0 N–H and O–H groups in total. The fourth-order valence-corrected chi connectivity index (χ4v) is 3.29. The van der Waals surface area contributed by atoms with Crippen LogP contribution in [0.2, 0.25) is 0 Å². The van der Waals surface area contributed by atoms with Crippen LogP contribution in [0.4, 0.5) is 0 Å². The highest BCUT2D eigenvalue weighted by molar-refractivity contribution is 4.48. The second-order valence-electron chi connectivity index (χ2n) is 7.53. The molecule has 1 aliphatic rings. The third kappa shape index (κ3) is 18.6. The molecular weight excluding hydrogens is 328 g/mol. The van der Waals surface area contributed by atoms with Crippen molar-refractivity contribution in [2.75, 3.05) is 40.0 Å². The number of ether oxygens (including phenoxy) is 4. The van der Waals surface area contributed by atoms with E-state index in [-0.39, 0.29) is 0 Å². The summed E-state index contributed by atoms with van der Waals surface area (Å²) in [6.07, 6.45) is 20.5. The smallest absolute Gasteiger partial charge is 0.146 e. The molecule has 0 bridgehead atoms. The molecule has 0 aromatic carbocycles. The van der Waals surface area contributed by atoms with Gasteiger partial charge in [-0.15, -0.1) is 0 Å². The lowest BCUT2D eigenvalue weighted by Gasteiger charge is -2.07. The van der Waals surface area contributed by atoms with Crippen molar-refractivity contribution in [3.05, 3.63) is 0 Å². The Morgan fingerprint density at radius 3 is 0.654 bits per heavy atom. The predicted octanol–water partition coefficient (Wildman–Crippen LogP) is 6.22. The average molecular weight is 373 g/mol. The lowest BCUT2D eigenvalue weighted by molar-refractivity contribution is -0.0560. The van der Waals surface area contributed by atoms with Gasteiger partial charge < -0.3 is 18.9 Å². The van der Waals surface area contributed by atoms with E-state index in [0.29, 0.717) is 13.6 Å². The van der Waals surface area contributed by atoms with Crippen LogP contribution in [0.15, 0.2) is 0 Å². The first-order valence-corrected chi connectivity index (χ1v) is 11.3. The highest BCUT2D eigenvalue weighted by atomic mass is 16.7. The van der Waals surface area contributed by atoms with E-state index in [0.717, 1.165) is 52.1 Å². The Balaban J connectivity index is 2.00. The van der Waals surface area contributed by atoms with Crippen molar-refractivity contribution in [3.8, 4) is 0 Å². The maximum absolute atomic E-state index is 5.55. The maximum atomic E-state index is 5.55. The van der Waals surface area contributed by atoms with Gasteiger partial charge in [0, 0.05) is 26.4 Å². The Bertz CT molecular complexity index is 138. The van der Waals surface area contributed by atoms with Gasteiger partial charge in [0.2, 0.25) is 0 Å². The molecule has 0 amide bonds. The summed E-state index contributed by atoms with van der Waals surface area (Å²) >= 11 is 0. The summed E-state index contributed by atoms with van der Waals surface area (Å²) in [5.74, 6) is 0. The van der Waals surface area contributed by atoms with E-state index in [2.05, 4.69) is 0 Å². The van der Waals surface area contributed by atoms with Crippen molar-refractivity contribution in [1.29, 1.82) is 0 Å². The van der Waals surface area contributed by atoms with Crippen molar-refractivity contribution in [2.45, 2.75) is 103 Å². The molecule has 0 unspecified atom stereocenters. The molecule has 4 nitrogen and oxygen atoms in total. The Morgan fingerprint density at radius 2 is 0.423 bits per heavy atom. The third-order valence-corrected chi connectivity index (χ3v) is 4.99. The van der Waals surface area contributed by atoms with Crippen molar-refractivity contribution in [2.24, 2.45) is 0 Å². The molecule has 0 aliphatic carbocycles. The molecule has 1 saturated heterocycles. The Hall–Kier alpha value is -0.160. The van der Waals surface area contributed by atoms with Crippen LogP contribution in [0.3, 0.4) is 0 Å². The Kier molecular flexibility index (Phi) is 19.4. The number of rotatable bonds is 0. The molecule has 4 heteroatoms. The number of hydrogen-bond donors (Lipinski definition) is 0. The monoisotopic (exact) mass is 372 g/mol. The molecule has 1 rings (SSSR count). The van der Waals surface area contributed by atoms with Gasteiger partial charge in [0.1, 0.15) is 13.6 Å². The van der Waals surface area contributed by atoms with Gasteiger partial charge in [-0.2, -0.15) is 0 Å². The molecule has 0 spiro atoms. The molecule has 0 saturated carbocycles. The lowest BCUT2D eigenvalue weighted by Crippen LogP contribution is -2.03. The average Bonchev–Trinajstić information content (AvgIpc) is 2.65. The van der Waals surface area contributed by atoms with Gasteiger partial charge in [0.05, 0.1) is 0 Å². The van der Waals surface area contributed by atoms with Crippen molar-refractivity contribution >= 4 is 0 Å². The molecule has 0 atom stereocenters. The zero-order chi connectivity index (χ0) is 18.4. The van der Waals surface area contributed by atoms with Crippen LogP contribution in [0.25, 0.3) is 0 Å². The van der Waals surface area contributed by atoms with Crippen molar-refractivity contribution < 1.29 is 18.9 Å². The Morgan fingerprint density at radius 1 is 0.231 bits per heavy atom. The van der Waals surface area contributed by atoms with Gasteiger partial charge in [-0.05, 0) is 25.7 Å². The molecular formula is C22H44O4. The molecule has 0 aromatic rings. The summed E-state index contributed by atoms with van der Waals surface area (Å²) in [6, 6.07) is 0. The molecule has 26 heavy (non-hydrogen) atoms. The lowest BCUT2D eigenvalue weighted by atomic mass is 10.1. The van der Waals surface area contributed by atoms with Crippen LogP contribution in [0.1, 0.15) is 103 Å². The quantitative estimate of drug-likeness (QED) is 0.505. The SMILES string of the molecule is C1CCCCCOCOCCCCCCCCCCOCOCCCC1. The van der Waals surface area contributed by atoms with Crippen LogP contribution in [-0.4, -0.2) is 40.0 Å². The van der Waals surface area contributed by atoms with Gasteiger partial charge in [0.25, 0.3) is 0 Å². The van der Waals surface area contributed by atoms with Crippen LogP contribution in [0, 0.1) is 0 Å². The first-order valence-electron chi connectivity index (χ1n) is 11.3. The second-order valence-corrected chi connectivity index (χ2v) is 7.53. The van der Waals surface area contributed by atoms with Gasteiger partial charge in [-0.3, -0.25) is 0 Å². The summed E-state index contributed by atoms with van der Waals surface area (Å²) in [7, 11) is 0. The van der Waals surface area contributed by atoms with Gasteiger partial charge in [-0.25, -0.2) is 0 Å². The van der Waals surface area contributed by atoms with E-state index >= 15 is 0 Å². The standard InChI is InChI=1S/C22H44O4/c1-2-6-10-14-18-24-22-26-20-16-12-8-4-3-7-11-15-19-25-21-23-17-13-9-5-1/h1-22H2. The zero-order valence-corrected chi connectivity index (χ0v) is 17.2. The minimum Gasteiger partial charge on any atom is -0.355 e. The fraction of sp³-hybridized carbons (Fsp3) is 1.00. The highest BCUT2D eigenvalue weighted by Gasteiger charge is 1.96. The first kappa shape index (κ1) is 23.9. The minimum absolute atomic E-state index is 0.476. The molecule has 1 heterocycles. The van der Waals surface area contributed by atoms with Crippen LogP contribution >= 0.6 is 0 Å². The zero-order valence-electron chi connectivity index (χ0n) is 17.2.